The Bertz CT molecular complexity index is 546. The van der Waals surface area contributed by atoms with E-state index in [1.165, 1.54) is 11.8 Å². The first-order chi connectivity index (χ1) is 8.08. The molecule has 0 amide bonds. The van der Waals surface area contributed by atoms with Crippen LogP contribution in [-0.4, -0.2) is 20.9 Å². The van der Waals surface area contributed by atoms with Crippen LogP contribution in [-0.2, 0) is 6.54 Å². The van der Waals surface area contributed by atoms with E-state index in [-0.39, 0.29) is 5.56 Å². The van der Waals surface area contributed by atoms with Crippen LogP contribution in [0.3, 0.4) is 0 Å². The van der Waals surface area contributed by atoms with Crippen molar-refractivity contribution in [2.75, 3.05) is 0 Å². The Balaban J connectivity index is 2.24. The van der Waals surface area contributed by atoms with Gasteiger partial charge in [0.15, 0.2) is 0 Å². The first-order valence-corrected chi connectivity index (χ1v) is 6.16. The minimum absolute atomic E-state index is 0.248. The van der Waals surface area contributed by atoms with Gasteiger partial charge >= 0.3 is 5.97 Å². The highest BCUT2D eigenvalue weighted by Crippen LogP contribution is 2.14. The summed E-state index contributed by atoms with van der Waals surface area (Å²) in [4.78, 5) is 10.9. The Morgan fingerprint density at radius 1 is 1.41 bits per heavy atom. The van der Waals surface area contributed by atoms with E-state index in [0.717, 1.165) is 5.56 Å². The minimum atomic E-state index is -0.940. The Labute approximate surface area is 112 Å². The molecule has 0 bridgehead atoms. The van der Waals surface area contributed by atoms with Crippen LogP contribution >= 0.6 is 22.6 Å². The quantitative estimate of drug-likeness (QED) is 0.873. The van der Waals surface area contributed by atoms with Gasteiger partial charge in [-0.3, -0.25) is 4.68 Å². The molecule has 17 heavy (non-hydrogen) atoms. The fraction of sp³-hybridized carbons (Fsp3) is 0.167. The lowest BCUT2D eigenvalue weighted by Crippen LogP contribution is -2.05. The third kappa shape index (κ3) is 2.66. The van der Waals surface area contributed by atoms with Crippen LogP contribution in [0.5, 0.6) is 0 Å². The van der Waals surface area contributed by atoms with E-state index in [4.69, 9.17) is 5.11 Å². The molecule has 0 fully saturated rings. The molecule has 0 spiro atoms. The van der Waals surface area contributed by atoms with Crippen molar-refractivity contribution >= 4 is 28.6 Å². The normalized spacial score (nSPS) is 10.5. The summed E-state index contributed by atoms with van der Waals surface area (Å²) in [5, 5.41) is 13.0. The van der Waals surface area contributed by atoms with Crippen LogP contribution in [0.2, 0.25) is 0 Å². The highest BCUT2D eigenvalue weighted by Gasteiger charge is 2.13. The van der Waals surface area contributed by atoms with Crippen molar-refractivity contribution < 1.29 is 9.90 Å². The predicted molar refractivity (Wildman–Crippen MR) is 72.2 cm³/mol. The highest BCUT2D eigenvalue weighted by molar-refractivity contribution is 14.1. The van der Waals surface area contributed by atoms with Gasteiger partial charge in [0.1, 0.15) is 9.26 Å². The van der Waals surface area contributed by atoms with Gasteiger partial charge < -0.3 is 5.11 Å². The number of hydrogen-bond donors (Lipinski definition) is 1. The van der Waals surface area contributed by atoms with Crippen molar-refractivity contribution in [3.63, 3.8) is 0 Å². The number of aromatic nitrogens is 2. The summed E-state index contributed by atoms with van der Waals surface area (Å²) in [6, 6.07) is 8.11. The molecule has 0 atom stereocenters. The Morgan fingerprint density at radius 2 is 2.06 bits per heavy atom. The lowest BCUT2D eigenvalue weighted by Gasteiger charge is -2.04. The van der Waals surface area contributed by atoms with Gasteiger partial charge in [0.25, 0.3) is 0 Å². The van der Waals surface area contributed by atoms with Gasteiger partial charge in [-0.15, -0.1) is 0 Å². The summed E-state index contributed by atoms with van der Waals surface area (Å²) >= 11 is 2.00. The maximum Gasteiger partial charge on any atom is 0.340 e. The molecule has 0 unspecified atom stereocenters. The Morgan fingerprint density at radius 3 is 2.59 bits per heavy atom. The van der Waals surface area contributed by atoms with Crippen LogP contribution in [0.15, 0.2) is 30.5 Å². The van der Waals surface area contributed by atoms with Crippen molar-refractivity contribution in [2.24, 2.45) is 0 Å². The number of carbonyl (C=O) groups is 1. The van der Waals surface area contributed by atoms with E-state index in [2.05, 4.69) is 5.10 Å². The smallest absolute Gasteiger partial charge is 0.340 e. The number of halogens is 1. The van der Waals surface area contributed by atoms with E-state index < -0.39 is 5.97 Å². The molecule has 4 nitrogen and oxygen atoms in total. The van der Waals surface area contributed by atoms with Gasteiger partial charge in [0.05, 0.1) is 12.7 Å². The van der Waals surface area contributed by atoms with Crippen molar-refractivity contribution in [2.45, 2.75) is 13.5 Å². The predicted octanol–water partition coefficient (Wildman–Crippen LogP) is 2.54. The number of carboxylic acid groups (broad SMARTS) is 1. The van der Waals surface area contributed by atoms with E-state index in [1.807, 2.05) is 53.8 Å². The zero-order valence-corrected chi connectivity index (χ0v) is 11.4. The second kappa shape index (κ2) is 4.87. The molecule has 2 rings (SSSR count). The standard InChI is InChI=1S/C12H11IN2O2/c1-8-2-4-9(5-3-8)7-15-11(13)10(6-14-15)12(16)17/h2-6H,7H2,1H3,(H,16,17). The van der Waals surface area contributed by atoms with Crippen molar-refractivity contribution in [3.8, 4) is 0 Å². The molecule has 1 aromatic carbocycles. The maximum atomic E-state index is 10.9. The summed E-state index contributed by atoms with van der Waals surface area (Å²) in [5.41, 5.74) is 2.56. The summed E-state index contributed by atoms with van der Waals surface area (Å²) < 4.78 is 2.34. The minimum Gasteiger partial charge on any atom is -0.478 e. The second-order valence-electron chi connectivity index (χ2n) is 3.80. The fourth-order valence-corrected chi connectivity index (χ4v) is 2.16. The first kappa shape index (κ1) is 12.1. The van der Waals surface area contributed by atoms with Gasteiger partial charge in [0.2, 0.25) is 0 Å². The lowest BCUT2D eigenvalue weighted by molar-refractivity contribution is 0.0695. The summed E-state index contributed by atoms with van der Waals surface area (Å²) in [5.74, 6) is -0.940. The van der Waals surface area contributed by atoms with Gasteiger partial charge in [-0.1, -0.05) is 29.8 Å². The van der Waals surface area contributed by atoms with Gasteiger partial charge in [-0.05, 0) is 35.1 Å². The molecule has 2 aromatic rings. The number of rotatable bonds is 3. The molecular weight excluding hydrogens is 331 g/mol. The monoisotopic (exact) mass is 342 g/mol. The summed E-state index contributed by atoms with van der Waals surface area (Å²) in [7, 11) is 0. The molecule has 1 aromatic heterocycles. The summed E-state index contributed by atoms with van der Waals surface area (Å²) in [6.45, 7) is 2.62. The number of aryl methyl sites for hydroxylation is 1. The molecule has 0 saturated heterocycles. The molecule has 1 heterocycles. The maximum absolute atomic E-state index is 10.9. The molecule has 0 saturated carbocycles. The molecule has 0 aliphatic heterocycles. The van der Waals surface area contributed by atoms with Gasteiger partial charge in [-0.25, -0.2) is 4.79 Å². The molecular formula is C12H11IN2O2. The zero-order chi connectivity index (χ0) is 12.4. The average Bonchev–Trinajstić information content (AvgIpc) is 2.64. The fourth-order valence-electron chi connectivity index (χ4n) is 1.49. The number of hydrogen-bond acceptors (Lipinski definition) is 2. The molecule has 88 valence electrons. The molecule has 0 aliphatic rings. The SMILES string of the molecule is Cc1ccc(Cn2ncc(C(=O)O)c2I)cc1. The van der Waals surface area contributed by atoms with Crippen LogP contribution < -0.4 is 0 Å². The Hall–Kier alpha value is -1.37. The Kier molecular flexibility index (Phi) is 3.46. The number of benzene rings is 1. The number of carboxylic acids is 1. The van der Waals surface area contributed by atoms with Gasteiger partial charge in [-0.2, -0.15) is 5.10 Å². The van der Waals surface area contributed by atoms with E-state index in [9.17, 15) is 4.79 Å². The van der Waals surface area contributed by atoms with Crippen LogP contribution in [0.4, 0.5) is 0 Å². The first-order valence-electron chi connectivity index (χ1n) is 5.08. The zero-order valence-electron chi connectivity index (χ0n) is 9.22. The van der Waals surface area contributed by atoms with Gasteiger partial charge in [0, 0.05) is 0 Å². The third-order valence-electron chi connectivity index (χ3n) is 2.46. The lowest BCUT2D eigenvalue weighted by atomic mass is 10.1. The van der Waals surface area contributed by atoms with Crippen LogP contribution in [0, 0.1) is 10.6 Å². The van der Waals surface area contributed by atoms with Crippen molar-refractivity contribution in [1.82, 2.24) is 9.78 Å². The number of aromatic carboxylic acids is 1. The van der Waals surface area contributed by atoms with E-state index in [0.29, 0.717) is 10.2 Å². The topological polar surface area (TPSA) is 55.1 Å². The van der Waals surface area contributed by atoms with Crippen molar-refractivity contribution in [3.05, 3.63) is 50.9 Å². The molecule has 1 N–H and O–H groups in total. The second-order valence-corrected chi connectivity index (χ2v) is 4.82. The third-order valence-corrected chi connectivity index (χ3v) is 3.60. The molecule has 0 aliphatic carbocycles. The van der Waals surface area contributed by atoms with Crippen LogP contribution in [0.25, 0.3) is 0 Å². The van der Waals surface area contributed by atoms with Crippen LogP contribution in [0.1, 0.15) is 21.5 Å². The molecule has 5 heteroatoms. The van der Waals surface area contributed by atoms with E-state index in [1.54, 1.807) is 4.68 Å². The van der Waals surface area contributed by atoms with Crippen molar-refractivity contribution in [1.29, 1.82) is 0 Å². The highest BCUT2D eigenvalue weighted by atomic mass is 127. The van der Waals surface area contributed by atoms with E-state index >= 15 is 0 Å². The molecule has 0 radical (unpaired) electrons. The number of nitrogens with zero attached hydrogens (tertiary/aromatic N) is 2. The average molecular weight is 342 g/mol. The summed E-state index contributed by atoms with van der Waals surface area (Å²) in [6.07, 6.45) is 1.39. The largest absolute Gasteiger partial charge is 0.478 e.